The molecule has 0 amide bonds. The van der Waals surface area contributed by atoms with E-state index in [1.54, 1.807) is 0 Å². The molecule has 10 heavy (non-hydrogen) atoms. The summed E-state index contributed by atoms with van der Waals surface area (Å²) in [4.78, 5) is 0. The minimum Gasteiger partial charge on any atom is -0.313 e. The lowest BCUT2D eigenvalue weighted by molar-refractivity contribution is 0.306. The standard InChI is InChI=1S/C6H14N2.ClHO/c7-6(8)4-2-1-3-5-6;1-2/h1-5,7-8H2;2H. The van der Waals surface area contributed by atoms with E-state index in [1.165, 1.54) is 19.3 Å². The molecule has 5 N–H and O–H groups in total. The second-order valence-electron chi connectivity index (χ2n) is 2.79. The van der Waals surface area contributed by atoms with Crippen LogP contribution < -0.4 is 11.5 Å². The quantitative estimate of drug-likeness (QED) is 0.464. The lowest BCUT2D eigenvalue weighted by Gasteiger charge is -2.28. The van der Waals surface area contributed by atoms with Crippen molar-refractivity contribution in [3.63, 3.8) is 0 Å². The molecule has 0 unspecified atom stereocenters. The molecule has 0 atom stereocenters. The molecule has 0 radical (unpaired) electrons. The van der Waals surface area contributed by atoms with Gasteiger partial charge >= 0.3 is 0 Å². The molecule has 0 spiro atoms. The van der Waals surface area contributed by atoms with Crippen molar-refractivity contribution in [3.05, 3.63) is 0 Å². The van der Waals surface area contributed by atoms with Crippen LogP contribution in [0.3, 0.4) is 0 Å². The van der Waals surface area contributed by atoms with Crippen molar-refractivity contribution in [1.82, 2.24) is 0 Å². The second kappa shape index (κ2) is 4.91. The van der Waals surface area contributed by atoms with Gasteiger partial charge in [0.2, 0.25) is 0 Å². The third-order valence-electron chi connectivity index (χ3n) is 1.78. The van der Waals surface area contributed by atoms with Crippen LogP contribution in [0.25, 0.3) is 0 Å². The molecule has 1 fully saturated rings. The molecular weight excluding hydrogens is 152 g/mol. The largest absolute Gasteiger partial charge is 0.313 e. The van der Waals surface area contributed by atoms with E-state index in [1.807, 2.05) is 0 Å². The van der Waals surface area contributed by atoms with Gasteiger partial charge in [-0.25, -0.2) is 0 Å². The topological polar surface area (TPSA) is 72.3 Å². The predicted octanol–water partition coefficient (Wildman–Crippen LogP) is 0.697. The Labute approximate surface area is 66.5 Å². The van der Waals surface area contributed by atoms with E-state index in [4.69, 9.17) is 16.1 Å². The molecule has 1 rings (SSSR count). The summed E-state index contributed by atoms with van der Waals surface area (Å²) in [7, 11) is 0. The molecule has 0 saturated heterocycles. The zero-order valence-corrected chi connectivity index (χ0v) is 6.77. The van der Waals surface area contributed by atoms with Crippen LogP contribution in [0.4, 0.5) is 0 Å². The molecule has 4 heteroatoms. The monoisotopic (exact) mass is 166 g/mol. The molecule has 0 aromatic heterocycles. The highest BCUT2D eigenvalue weighted by molar-refractivity contribution is 6.04. The Balaban J connectivity index is 0.000000371. The minimum atomic E-state index is -0.321. The first kappa shape index (κ1) is 10.2. The van der Waals surface area contributed by atoms with Gasteiger partial charge in [0, 0.05) is 0 Å². The fraction of sp³-hybridized carbons (Fsp3) is 1.00. The van der Waals surface area contributed by atoms with Crippen molar-refractivity contribution < 1.29 is 4.66 Å². The van der Waals surface area contributed by atoms with Gasteiger partial charge in [0.1, 0.15) is 0 Å². The van der Waals surface area contributed by atoms with Gasteiger partial charge in [-0.05, 0) is 12.8 Å². The summed E-state index contributed by atoms with van der Waals surface area (Å²) in [6.07, 6.45) is 5.76. The third-order valence-corrected chi connectivity index (χ3v) is 1.78. The summed E-state index contributed by atoms with van der Waals surface area (Å²) in [6.45, 7) is 0. The molecule has 0 aromatic carbocycles. The van der Waals surface area contributed by atoms with E-state index in [0.717, 1.165) is 12.8 Å². The van der Waals surface area contributed by atoms with Crippen LogP contribution >= 0.6 is 11.9 Å². The Kier molecular flexibility index (Phi) is 4.99. The van der Waals surface area contributed by atoms with E-state index in [9.17, 15) is 0 Å². The Hall–Kier alpha value is 0.170. The van der Waals surface area contributed by atoms with Crippen molar-refractivity contribution in [2.24, 2.45) is 11.5 Å². The molecule has 0 heterocycles. The van der Waals surface area contributed by atoms with E-state index in [2.05, 4.69) is 11.9 Å². The molecular formula is C6H15ClN2O. The van der Waals surface area contributed by atoms with Crippen LogP contribution in [0.2, 0.25) is 0 Å². The first-order chi connectivity index (χ1) is 4.71. The fourth-order valence-corrected chi connectivity index (χ4v) is 1.21. The first-order valence-corrected chi connectivity index (χ1v) is 3.79. The fourth-order valence-electron chi connectivity index (χ4n) is 1.21. The summed E-state index contributed by atoms with van der Waals surface area (Å²) in [6, 6.07) is 0. The highest BCUT2D eigenvalue weighted by Gasteiger charge is 2.21. The number of hydrogen-bond donors (Lipinski definition) is 3. The van der Waals surface area contributed by atoms with Gasteiger partial charge in [-0.2, -0.15) is 0 Å². The molecule has 0 aromatic rings. The average Bonchev–Trinajstić information content (AvgIpc) is 1.92. The maximum absolute atomic E-state index is 6.47. The van der Waals surface area contributed by atoms with Crippen molar-refractivity contribution in [2.45, 2.75) is 37.8 Å². The zero-order valence-electron chi connectivity index (χ0n) is 6.02. The first-order valence-electron chi connectivity index (χ1n) is 3.45. The summed E-state index contributed by atoms with van der Waals surface area (Å²) in [5.41, 5.74) is 11.0. The van der Waals surface area contributed by atoms with Gasteiger partial charge in [0.15, 0.2) is 0 Å². The van der Waals surface area contributed by atoms with Crippen LogP contribution in [0, 0.1) is 0 Å². The lowest BCUT2D eigenvalue weighted by Crippen LogP contribution is -2.50. The highest BCUT2D eigenvalue weighted by Crippen LogP contribution is 2.20. The Morgan fingerprint density at radius 2 is 1.40 bits per heavy atom. The summed E-state index contributed by atoms with van der Waals surface area (Å²) in [5, 5.41) is 0. The molecule has 62 valence electrons. The van der Waals surface area contributed by atoms with Gasteiger partial charge in [0.05, 0.1) is 17.5 Å². The number of rotatable bonds is 0. The number of halogens is 1. The van der Waals surface area contributed by atoms with Gasteiger partial charge in [0.25, 0.3) is 0 Å². The summed E-state index contributed by atoms with van der Waals surface area (Å²) in [5.74, 6) is 0. The third kappa shape index (κ3) is 4.06. The average molecular weight is 167 g/mol. The second-order valence-corrected chi connectivity index (χ2v) is 2.79. The van der Waals surface area contributed by atoms with Crippen molar-refractivity contribution in [1.29, 1.82) is 0 Å². The molecule has 1 aliphatic carbocycles. The Bertz CT molecular complexity index is 79.8. The van der Waals surface area contributed by atoms with Gasteiger partial charge in [-0.15, -0.1) is 0 Å². The SMILES string of the molecule is NC1(N)CCCCC1.OCl. The summed E-state index contributed by atoms with van der Waals surface area (Å²) < 4.78 is 6.47. The smallest absolute Gasteiger partial charge is 0.0636 e. The van der Waals surface area contributed by atoms with Crippen LogP contribution in [0.5, 0.6) is 0 Å². The normalized spacial score (nSPS) is 22.8. The van der Waals surface area contributed by atoms with Crippen molar-refractivity contribution >= 4 is 11.9 Å². The van der Waals surface area contributed by atoms with E-state index in [-0.39, 0.29) is 5.66 Å². The predicted molar refractivity (Wildman–Crippen MR) is 42.3 cm³/mol. The zero-order chi connectivity index (χ0) is 8.04. The van der Waals surface area contributed by atoms with Gasteiger partial charge in [-0.1, -0.05) is 19.3 Å². The number of nitrogens with two attached hydrogens (primary N) is 2. The van der Waals surface area contributed by atoms with Gasteiger partial charge in [-0.3, -0.25) is 4.66 Å². The molecule has 3 nitrogen and oxygen atoms in total. The van der Waals surface area contributed by atoms with E-state index >= 15 is 0 Å². The lowest BCUT2D eigenvalue weighted by atomic mass is 9.91. The minimum absolute atomic E-state index is 0.321. The van der Waals surface area contributed by atoms with E-state index in [0.29, 0.717) is 0 Å². The van der Waals surface area contributed by atoms with E-state index < -0.39 is 0 Å². The highest BCUT2D eigenvalue weighted by atomic mass is 35.5. The van der Waals surface area contributed by atoms with Crippen LogP contribution in [-0.2, 0) is 0 Å². The van der Waals surface area contributed by atoms with Crippen LogP contribution in [-0.4, -0.2) is 10.3 Å². The van der Waals surface area contributed by atoms with Crippen LogP contribution in [0.1, 0.15) is 32.1 Å². The van der Waals surface area contributed by atoms with Gasteiger partial charge < -0.3 is 11.5 Å². The summed E-state index contributed by atoms with van der Waals surface area (Å²) >= 11 is 3.64. The maximum atomic E-state index is 6.47. The molecule has 1 aliphatic rings. The van der Waals surface area contributed by atoms with Crippen molar-refractivity contribution in [3.8, 4) is 0 Å². The molecule has 0 aliphatic heterocycles. The Morgan fingerprint density at radius 1 is 1.00 bits per heavy atom. The van der Waals surface area contributed by atoms with Crippen LogP contribution in [0.15, 0.2) is 0 Å². The Morgan fingerprint density at radius 3 is 1.60 bits per heavy atom. The maximum Gasteiger partial charge on any atom is 0.0636 e. The van der Waals surface area contributed by atoms with Crippen molar-refractivity contribution in [2.75, 3.05) is 0 Å². The number of hydrogen-bond acceptors (Lipinski definition) is 3. The molecule has 1 saturated carbocycles. The molecule has 0 bridgehead atoms.